The van der Waals surface area contributed by atoms with Crippen molar-refractivity contribution in [1.29, 1.82) is 0 Å². The van der Waals surface area contributed by atoms with Gasteiger partial charge in [-0.3, -0.25) is 24.0 Å². The molecule has 0 aliphatic carbocycles. The Morgan fingerprint density at radius 2 is 1.86 bits per heavy atom. The van der Waals surface area contributed by atoms with Gasteiger partial charge in [-0.25, -0.2) is 4.98 Å². The van der Waals surface area contributed by atoms with Gasteiger partial charge in [0.25, 0.3) is 5.24 Å². The number of amides is 4. The number of rotatable bonds is 15. The van der Waals surface area contributed by atoms with E-state index in [1.165, 1.54) is 6.92 Å². The number of nitrogens with zero attached hydrogens (tertiary/aromatic N) is 1. The van der Waals surface area contributed by atoms with Crippen molar-refractivity contribution in [3.05, 3.63) is 18.2 Å². The Morgan fingerprint density at radius 3 is 2.51 bits per heavy atom. The zero-order chi connectivity index (χ0) is 26.3. The van der Waals surface area contributed by atoms with Gasteiger partial charge in [-0.1, -0.05) is 25.6 Å². The number of aliphatic hydroxyl groups excluding tert-OH is 1. The van der Waals surface area contributed by atoms with E-state index in [9.17, 15) is 29.1 Å². The molecule has 196 valence electrons. The molecular weight excluding hydrogens is 480 g/mol. The molecule has 6 N–H and O–H groups in total. The molecule has 0 radical (unpaired) electrons. The van der Waals surface area contributed by atoms with Gasteiger partial charge in [0, 0.05) is 62.5 Å². The summed E-state index contributed by atoms with van der Waals surface area (Å²) in [5.74, 6) is -1.70. The van der Waals surface area contributed by atoms with Crippen LogP contribution in [-0.2, 0) is 30.3 Å². The number of esters is 1. The summed E-state index contributed by atoms with van der Waals surface area (Å²) in [6.07, 6.45) is 2.41. The Hall–Kier alpha value is -3.13. The van der Waals surface area contributed by atoms with E-state index in [4.69, 9.17) is 4.74 Å². The molecule has 0 saturated carbocycles. The Labute approximate surface area is 207 Å². The van der Waals surface area contributed by atoms with Gasteiger partial charge < -0.3 is 36.1 Å². The molecule has 0 bridgehead atoms. The van der Waals surface area contributed by atoms with E-state index in [0.717, 1.165) is 17.5 Å². The van der Waals surface area contributed by atoms with Gasteiger partial charge in [-0.15, -0.1) is 0 Å². The van der Waals surface area contributed by atoms with Gasteiger partial charge in [-0.05, 0) is 0 Å². The molecular formula is C21H34N6O7S. The van der Waals surface area contributed by atoms with Gasteiger partial charge in [0.2, 0.25) is 17.7 Å². The molecule has 14 heteroatoms. The quantitative estimate of drug-likeness (QED) is 0.127. The molecule has 1 atom stereocenters. The average molecular weight is 515 g/mol. The number of aromatic amines is 1. The molecule has 35 heavy (non-hydrogen) atoms. The van der Waals surface area contributed by atoms with Crippen molar-refractivity contribution in [1.82, 2.24) is 31.2 Å². The highest BCUT2D eigenvalue weighted by Crippen LogP contribution is 2.21. The van der Waals surface area contributed by atoms with Gasteiger partial charge in [0.05, 0.1) is 12.9 Å². The van der Waals surface area contributed by atoms with Crippen LogP contribution in [0.2, 0.25) is 0 Å². The van der Waals surface area contributed by atoms with E-state index in [0.29, 0.717) is 18.7 Å². The summed E-state index contributed by atoms with van der Waals surface area (Å²) in [5, 5.41) is 20.2. The number of thioether (sulfide) groups is 1. The molecule has 13 nitrogen and oxygen atoms in total. The van der Waals surface area contributed by atoms with Crippen LogP contribution >= 0.6 is 11.8 Å². The molecule has 0 aliphatic heterocycles. The molecule has 0 spiro atoms. The summed E-state index contributed by atoms with van der Waals surface area (Å²) in [6, 6.07) is 0. The standard InChI is InChI=1S/C21H34N6O7S/c1-14(28)26-11-17(30)34-12-21(2,3)18(31)19(32)24-7-5-16(29)23-8-9-35-20(33)25-6-4-15-10-22-13-27-15/h10,13,18,31H,4-9,11-12H2,1-3H3,(H,22,27)(H,23,29)(H,24,32)(H,25,33)(H,26,28)/t18-/m0/s1. The largest absolute Gasteiger partial charge is 0.464 e. The fraction of sp³-hybridized carbons (Fsp3) is 0.619. The number of carbonyl (C=O) groups is 5. The molecule has 1 aromatic rings. The highest BCUT2D eigenvalue weighted by molar-refractivity contribution is 8.13. The van der Waals surface area contributed by atoms with Crippen molar-refractivity contribution in [3.63, 3.8) is 0 Å². The number of hydrogen-bond acceptors (Lipinski definition) is 9. The third-order valence-electron chi connectivity index (χ3n) is 4.60. The van der Waals surface area contributed by atoms with Crippen LogP contribution in [0.5, 0.6) is 0 Å². The smallest absolute Gasteiger partial charge is 0.325 e. The minimum absolute atomic E-state index is 0.00135. The number of hydrogen-bond donors (Lipinski definition) is 6. The summed E-state index contributed by atoms with van der Waals surface area (Å²) in [6.45, 7) is 4.55. The number of carbonyl (C=O) groups excluding carboxylic acids is 5. The fourth-order valence-corrected chi connectivity index (χ4v) is 3.13. The lowest BCUT2D eigenvalue weighted by molar-refractivity contribution is -0.153. The second kappa shape index (κ2) is 15.7. The molecule has 1 rings (SSSR count). The van der Waals surface area contributed by atoms with Crippen LogP contribution in [0.3, 0.4) is 0 Å². The van der Waals surface area contributed by atoms with Gasteiger partial charge in [-0.2, -0.15) is 0 Å². The van der Waals surface area contributed by atoms with Crippen molar-refractivity contribution < 1.29 is 33.8 Å². The maximum atomic E-state index is 12.2. The molecule has 1 heterocycles. The van der Waals surface area contributed by atoms with Crippen LogP contribution in [0.4, 0.5) is 4.79 Å². The van der Waals surface area contributed by atoms with Crippen molar-refractivity contribution in [2.24, 2.45) is 5.41 Å². The van der Waals surface area contributed by atoms with Crippen LogP contribution < -0.4 is 21.3 Å². The van der Waals surface area contributed by atoms with Crippen LogP contribution in [0, 0.1) is 5.41 Å². The SMILES string of the molecule is CC(=O)NCC(=O)OCC(C)(C)[C@@H](O)C(=O)NCCC(=O)NCCSC(=O)NCCc1cnc[nH]1. The molecule has 0 saturated heterocycles. The van der Waals surface area contributed by atoms with Crippen molar-refractivity contribution in [2.45, 2.75) is 39.7 Å². The zero-order valence-electron chi connectivity index (χ0n) is 20.1. The summed E-state index contributed by atoms with van der Waals surface area (Å²) in [7, 11) is 0. The fourth-order valence-electron chi connectivity index (χ4n) is 2.54. The van der Waals surface area contributed by atoms with E-state index >= 15 is 0 Å². The number of imidazole rings is 1. The normalized spacial score (nSPS) is 11.8. The Morgan fingerprint density at radius 1 is 1.11 bits per heavy atom. The van der Waals surface area contributed by atoms with E-state index in [-0.39, 0.29) is 49.7 Å². The lowest BCUT2D eigenvalue weighted by atomic mass is 9.87. The summed E-state index contributed by atoms with van der Waals surface area (Å²) >= 11 is 1.05. The predicted octanol–water partition coefficient (Wildman–Crippen LogP) is -0.916. The highest BCUT2D eigenvalue weighted by Gasteiger charge is 2.35. The summed E-state index contributed by atoms with van der Waals surface area (Å²) < 4.78 is 4.99. The van der Waals surface area contributed by atoms with E-state index in [1.54, 1.807) is 26.4 Å². The number of H-pyrrole nitrogens is 1. The van der Waals surface area contributed by atoms with Crippen LogP contribution in [0.1, 0.15) is 32.9 Å². The van der Waals surface area contributed by atoms with Crippen LogP contribution in [0.15, 0.2) is 12.5 Å². The first-order valence-electron chi connectivity index (χ1n) is 11.0. The molecule has 0 unspecified atom stereocenters. The molecule has 1 aromatic heterocycles. The lowest BCUT2D eigenvalue weighted by Crippen LogP contribution is -2.47. The maximum Gasteiger partial charge on any atom is 0.325 e. The first kappa shape index (κ1) is 29.9. The second-order valence-corrected chi connectivity index (χ2v) is 9.31. The minimum Gasteiger partial charge on any atom is -0.464 e. The molecule has 4 amide bonds. The lowest BCUT2D eigenvalue weighted by Gasteiger charge is -2.29. The molecule has 0 aliphatic rings. The van der Waals surface area contributed by atoms with Crippen LogP contribution in [-0.4, -0.2) is 88.6 Å². The summed E-state index contributed by atoms with van der Waals surface area (Å²) in [5.41, 5.74) is -0.165. The third kappa shape index (κ3) is 13.4. The Balaban J connectivity index is 2.15. The predicted molar refractivity (Wildman–Crippen MR) is 128 cm³/mol. The zero-order valence-corrected chi connectivity index (χ0v) is 21.0. The number of aliphatic hydroxyl groups is 1. The highest BCUT2D eigenvalue weighted by atomic mass is 32.2. The Bertz CT molecular complexity index is 847. The second-order valence-electron chi connectivity index (χ2n) is 8.24. The first-order chi connectivity index (χ1) is 16.5. The van der Waals surface area contributed by atoms with Gasteiger partial charge in [0.1, 0.15) is 12.6 Å². The van der Waals surface area contributed by atoms with Crippen LogP contribution in [0.25, 0.3) is 0 Å². The van der Waals surface area contributed by atoms with Gasteiger partial charge in [0.15, 0.2) is 0 Å². The summed E-state index contributed by atoms with van der Waals surface area (Å²) in [4.78, 5) is 65.0. The van der Waals surface area contributed by atoms with Crippen molar-refractivity contribution >= 4 is 40.7 Å². The topological polar surface area (TPSA) is 192 Å². The maximum absolute atomic E-state index is 12.2. The monoisotopic (exact) mass is 514 g/mol. The minimum atomic E-state index is -1.48. The number of nitrogens with one attached hydrogen (secondary N) is 5. The first-order valence-corrected chi connectivity index (χ1v) is 12.0. The van der Waals surface area contributed by atoms with E-state index in [2.05, 4.69) is 31.2 Å². The molecule has 0 fully saturated rings. The van der Waals surface area contributed by atoms with E-state index in [1.807, 2.05) is 0 Å². The van der Waals surface area contributed by atoms with Crippen molar-refractivity contribution in [3.8, 4) is 0 Å². The average Bonchev–Trinajstić information content (AvgIpc) is 3.32. The third-order valence-corrected chi connectivity index (χ3v) is 5.42. The number of ether oxygens (including phenoxy) is 1. The number of aromatic nitrogens is 2. The van der Waals surface area contributed by atoms with Gasteiger partial charge >= 0.3 is 5.97 Å². The Kier molecular flexibility index (Phi) is 13.4. The van der Waals surface area contributed by atoms with E-state index < -0.39 is 23.4 Å². The van der Waals surface area contributed by atoms with Crippen molar-refractivity contribution in [2.75, 3.05) is 38.5 Å². The molecule has 0 aromatic carbocycles.